The predicted molar refractivity (Wildman–Crippen MR) is 123 cm³/mol. The summed E-state index contributed by atoms with van der Waals surface area (Å²) in [5, 5.41) is 9.76. The first-order chi connectivity index (χ1) is 15.8. The Morgan fingerprint density at radius 3 is 2.36 bits per heavy atom. The number of rotatable bonds is 10. The van der Waals surface area contributed by atoms with Gasteiger partial charge in [0.15, 0.2) is 0 Å². The van der Waals surface area contributed by atoms with Crippen LogP contribution in [0.3, 0.4) is 0 Å². The number of hydrogen-bond donors (Lipinski definition) is 1. The quantitative estimate of drug-likeness (QED) is 0.568. The van der Waals surface area contributed by atoms with Crippen molar-refractivity contribution in [2.75, 3.05) is 20.2 Å². The second-order valence-electron chi connectivity index (χ2n) is 8.02. The van der Waals surface area contributed by atoms with Crippen LogP contribution in [0.2, 0.25) is 0 Å². The van der Waals surface area contributed by atoms with Gasteiger partial charge in [-0.1, -0.05) is 50.1 Å². The van der Waals surface area contributed by atoms with E-state index >= 15 is 0 Å². The standard InChI is InChI=1S/C24H30N2O6S/c1-3-4-10-21(24(28)29)25-15-16-26(22(23(25)27)17-18-8-6-5-7-9-18)33(30,31)20-13-11-19(32-2)12-14-20/h5-9,11-14,21-22H,3-4,10,15-17H2,1-2H3,(H,28,29)/t21-,22+/m0/s1. The molecule has 0 aliphatic carbocycles. The molecule has 1 aliphatic rings. The molecule has 1 saturated heterocycles. The van der Waals surface area contributed by atoms with Crippen molar-refractivity contribution in [3.8, 4) is 5.75 Å². The van der Waals surface area contributed by atoms with Crippen LogP contribution in [0.15, 0.2) is 59.5 Å². The molecule has 8 nitrogen and oxygen atoms in total. The number of unbranched alkanes of at least 4 members (excludes halogenated alkanes) is 1. The number of carbonyl (C=O) groups excluding carboxylic acids is 1. The van der Waals surface area contributed by atoms with Gasteiger partial charge in [0.1, 0.15) is 17.8 Å². The van der Waals surface area contributed by atoms with Gasteiger partial charge in [0, 0.05) is 13.1 Å². The summed E-state index contributed by atoms with van der Waals surface area (Å²) in [6.45, 7) is 2.01. The number of carboxylic acids is 1. The lowest BCUT2D eigenvalue weighted by atomic mass is 10.0. The Balaban J connectivity index is 1.97. The Bertz CT molecular complexity index is 1060. The number of sulfonamides is 1. The third kappa shape index (κ3) is 5.54. The highest BCUT2D eigenvalue weighted by Crippen LogP contribution is 2.27. The molecule has 0 saturated carbocycles. The molecule has 3 rings (SSSR count). The van der Waals surface area contributed by atoms with E-state index < -0.39 is 34.0 Å². The number of amides is 1. The molecule has 0 radical (unpaired) electrons. The lowest BCUT2D eigenvalue weighted by Gasteiger charge is -2.42. The molecule has 2 atom stereocenters. The van der Waals surface area contributed by atoms with Crippen LogP contribution in [0.25, 0.3) is 0 Å². The van der Waals surface area contributed by atoms with Crippen LogP contribution < -0.4 is 4.74 Å². The maximum atomic E-state index is 13.6. The number of hydrogen-bond acceptors (Lipinski definition) is 5. The van der Waals surface area contributed by atoms with Crippen molar-refractivity contribution >= 4 is 21.9 Å². The fourth-order valence-electron chi connectivity index (χ4n) is 4.10. The second kappa shape index (κ2) is 10.8. The summed E-state index contributed by atoms with van der Waals surface area (Å²) in [5.41, 5.74) is 0.799. The van der Waals surface area contributed by atoms with Crippen LogP contribution >= 0.6 is 0 Å². The lowest BCUT2D eigenvalue weighted by Crippen LogP contribution is -2.62. The van der Waals surface area contributed by atoms with Gasteiger partial charge in [-0.2, -0.15) is 4.31 Å². The Kier molecular flexibility index (Phi) is 8.10. The highest BCUT2D eigenvalue weighted by Gasteiger charge is 2.44. The number of carboxylic acid groups (broad SMARTS) is 1. The van der Waals surface area contributed by atoms with Crippen LogP contribution in [0.5, 0.6) is 5.75 Å². The van der Waals surface area contributed by atoms with E-state index in [1.807, 2.05) is 37.3 Å². The van der Waals surface area contributed by atoms with Crippen molar-refractivity contribution < 1.29 is 27.9 Å². The van der Waals surface area contributed by atoms with Crippen LogP contribution in [0.4, 0.5) is 0 Å². The summed E-state index contributed by atoms with van der Waals surface area (Å²) in [6.07, 6.45) is 1.96. The zero-order chi connectivity index (χ0) is 24.0. The van der Waals surface area contributed by atoms with Gasteiger partial charge in [-0.05, 0) is 42.7 Å². The van der Waals surface area contributed by atoms with Gasteiger partial charge >= 0.3 is 5.97 Å². The molecule has 1 amide bonds. The molecule has 0 bridgehead atoms. The minimum atomic E-state index is -3.99. The predicted octanol–water partition coefficient (Wildman–Crippen LogP) is 2.78. The summed E-state index contributed by atoms with van der Waals surface area (Å²) < 4.78 is 33.3. The molecule has 178 valence electrons. The van der Waals surface area contributed by atoms with Crippen LogP contribution in [-0.4, -0.2) is 66.9 Å². The molecule has 9 heteroatoms. The SMILES string of the molecule is CCCC[C@@H](C(=O)O)N1CCN(S(=O)(=O)c2ccc(OC)cc2)[C@H](Cc2ccccc2)C1=O. The van der Waals surface area contributed by atoms with E-state index in [4.69, 9.17) is 4.74 Å². The molecule has 33 heavy (non-hydrogen) atoms. The average Bonchev–Trinajstić information content (AvgIpc) is 2.81. The highest BCUT2D eigenvalue weighted by atomic mass is 32.2. The van der Waals surface area contributed by atoms with Crippen LogP contribution in [-0.2, 0) is 26.0 Å². The van der Waals surface area contributed by atoms with E-state index in [1.54, 1.807) is 12.1 Å². The highest BCUT2D eigenvalue weighted by molar-refractivity contribution is 7.89. The van der Waals surface area contributed by atoms with Crippen LogP contribution in [0.1, 0.15) is 31.7 Å². The Morgan fingerprint density at radius 1 is 1.12 bits per heavy atom. The summed E-state index contributed by atoms with van der Waals surface area (Å²) in [6, 6.07) is 13.2. The van der Waals surface area contributed by atoms with Gasteiger partial charge in [0.25, 0.3) is 0 Å². The van der Waals surface area contributed by atoms with Crippen molar-refractivity contribution in [3.05, 3.63) is 60.2 Å². The van der Waals surface area contributed by atoms with Gasteiger partial charge < -0.3 is 14.7 Å². The van der Waals surface area contributed by atoms with Crippen molar-refractivity contribution in [2.45, 2.75) is 49.6 Å². The third-order valence-corrected chi connectivity index (χ3v) is 7.83. The van der Waals surface area contributed by atoms with E-state index in [0.717, 1.165) is 12.0 Å². The Hall–Kier alpha value is -2.91. The van der Waals surface area contributed by atoms with Crippen molar-refractivity contribution in [2.24, 2.45) is 0 Å². The first-order valence-corrected chi connectivity index (χ1v) is 12.5. The zero-order valence-corrected chi connectivity index (χ0v) is 19.7. The summed E-state index contributed by atoms with van der Waals surface area (Å²) in [7, 11) is -2.50. The van der Waals surface area contributed by atoms with Crippen molar-refractivity contribution in [3.63, 3.8) is 0 Å². The second-order valence-corrected chi connectivity index (χ2v) is 9.92. The molecule has 2 aromatic carbocycles. The normalized spacial score (nSPS) is 18.2. The molecular weight excluding hydrogens is 444 g/mol. The van der Waals surface area contributed by atoms with Gasteiger partial charge in [0.05, 0.1) is 12.0 Å². The topological polar surface area (TPSA) is 104 Å². The average molecular weight is 475 g/mol. The number of aliphatic carboxylic acids is 1. The maximum Gasteiger partial charge on any atom is 0.326 e. The largest absolute Gasteiger partial charge is 0.497 e. The maximum absolute atomic E-state index is 13.6. The van der Waals surface area contributed by atoms with Gasteiger partial charge in [0.2, 0.25) is 15.9 Å². The summed E-state index contributed by atoms with van der Waals surface area (Å²) >= 11 is 0. The first kappa shape index (κ1) is 24.7. The van der Waals surface area contributed by atoms with E-state index in [-0.39, 0.29) is 24.4 Å². The van der Waals surface area contributed by atoms with Gasteiger partial charge in [-0.25, -0.2) is 13.2 Å². The molecule has 0 aromatic heterocycles. The molecule has 1 heterocycles. The summed E-state index contributed by atoms with van der Waals surface area (Å²) in [4.78, 5) is 26.9. The van der Waals surface area contributed by atoms with Gasteiger partial charge in [-0.15, -0.1) is 0 Å². The molecule has 0 spiro atoms. The molecular formula is C24H30N2O6S. The number of carbonyl (C=O) groups is 2. The minimum absolute atomic E-state index is 0.0213. The fourth-order valence-corrected chi connectivity index (χ4v) is 5.68. The molecule has 2 aromatic rings. The fraction of sp³-hybridized carbons (Fsp3) is 0.417. The molecule has 1 N–H and O–H groups in total. The van der Waals surface area contributed by atoms with Crippen LogP contribution in [0, 0.1) is 0 Å². The smallest absolute Gasteiger partial charge is 0.326 e. The number of methoxy groups -OCH3 is 1. The first-order valence-electron chi connectivity index (χ1n) is 11.0. The van der Waals surface area contributed by atoms with Gasteiger partial charge in [-0.3, -0.25) is 4.79 Å². The zero-order valence-electron chi connectivity index (χ0n) is 18.9. The number of ether oxygens (including phenoxy) is 1. The van der Waals surface area contributed by atoms with Crippen molar-refractivity contribution in [1.82, 2.24) is 9.21 Å². The van der Waals surface area contributed by atoms with E-state index in [1.165, 1.54) is 28.4 Å². The summed E-state index contributed by atoms with van der Waals surface area (Å²) in [5.74, 6) is -1.02. The Labute approximate surface area is 194 Å². The molecule has 1 fully saturated rings. The lowest BCUT2D eigenvalue weighted by molar-refractivity contribution is -0.154. The number of benzene rings is 2. The van der Waals surface area contributed by atoms with Crippen molar-refractivity contribution in [1.29, 1.82) is 0 Å². The molecule has 0 unspecified atom stereocenters. The monoisotopic (exact) mass is 474 g/mol. The minimum Gasteiger partial charge on any atom is -0.497 e. The molecule has 1 aliphatic heterocycles. The third-order valence-electron chi connectivity index (χ3n) is 5.91. The van der Waals surface area contributed by atoms with E-state index in [0.29, 0.717) is 18.6 Å². The number of nitrogens with zero attached hydrogens (tertiary/aromatic N) is 2. The van der Waals surface area contributed by atoms with E-state index in [2.05, 4.69) is 0 Å². The number of piperazine rings is 1. The Morgan fingerprint density at radius 2 is 1.79 bits per heavy atom. The van der Waals surface area contributed by atoms with E-state index in [9.17, 15) is 23.1 Å².